The molecule has 0 saturated heterocycles. The predicted molar refractivity (Wildman–Crippen MR) is 116 cm³/mol. The van der Waals surface area contributed by atoms with Gasteiger partial charge in [-0.3, -0.25) is 19.4 Å². The van der Waals surface area contributed by atoms with Crippen LogP contribution in [0.2, 0.25) is 0 Å². The van der Waals surface area contributed by atoms with Crippen LogP contribution in [0.3, 0.4) is 0 Å². The number of rotatable bonds is 7. The van der Waals surface area contributed by atoms with Gasteiger partial charge >= 0.3 is 0 Å². The summed E-state index contributed by atoms with van der Waals surface area (Å²) in [5.41, 5.74) is 1.81. The van der Waals surface area contributed by atoms with Crippen LogP contribution in [0.1, 0.15) is 25.7 Å². The van der Waals surface area contributed by atoms with E-state index in [1.807, 2.05) is 0 Å². The first-order valence-corrected chi connectivity index (χ1v) is 10.5. The second-order valence-corrected chi connectivity index (χ2v) is 8.00. The van der Waals surface area contributed by atoms with E-state index in [4.69, 9.17) is 0 Å². The molecule has 0 spiro atoms. The second kappa shape index (κ2) is 9.25. The van der Waals surface area contributed by atoms with Crippen LogP contribution >= 0.6 is 0 Å². The first-order valence-electron chi connectivity index (χ1n) is 10.5. The molecule has 1 fully saturated rings. The maximum Gasteiger partial charge on any atom is 0.270 e. The van der Waals surface area contributed by atoms with Crippen molar-refractivity contribution >= 4 is 23.9 Å². The van der Waals surface area contributed by atoms with Crippen LogP contribution in [0, 0.1) is 5.82 Å². The Hall–Kier alpha value is -3.62. The van der Waals surface area contributed by atoms with Gasteiger partial charge in [0.1, 0.15) is 23.6 Å². The van der Waals surface area contributed by atoms with Crippen molar-refractivity contribution in [1.29, 1.82) is 0 Å². The summed E-state index contributed by atoms with van der Waals surface area (Å²) in [6.07, 6.45) is 6.73. The van der Waals surface area contributed by atoms with Crippen LogP contribution in [0.15, 0.2) is 47.9 Å². The van der Waals surface area contributed by atoms with Gasteiger partial charge < -0.3 is 15.1 Å². The summed E-state index contributed by atoms with van der Waals surface area (Å²) in [6, 6.07) is 6.07. The van der Waals surface area contributed by atoms with Gasteiger partial charge in [0.15, 0.2) is 0 Å². The number of halogens is 1. The van der Waals surface area contributed by atoms with Gasteiger partial charge in [-0.1, -0.05) is 0 Å². The van der Waals surface area contributed by atoms with E-state index in [0.717, 1.165) is 19.1 Å². The SMILES string of the molecule is CN(C(=O)C1=C(C=O)CCCN1CC(=O)Nc1ccc(-c2cc(F)ccn2)cn1)C1CC1. The lowest BCUT2D eigenvalue weighted by molar-refractivity contribution is -0.129. The van der Waals surface area contributed by atoms with Gasteiger partial charge in [-0.25, -0.2) is 9.37 Å². The molecule has 4 rings (SSSR count). The number of nitrogens with one attached hydrogen (secondary N) is 1. The van der Waals surface area contributed by atoms with Gasteiger partial charge in [-0.05, 0) is 43.9 Å². The highest BCUT2D eigenvalue weighted by molar-refractivity contribution is 6.00. The predicted octanol–water partition coefficient (Wildman–Crippen LogP) is 2.39. The number of aromatic nitrogens is 2. The first-order chi connectivity index (χ1) is 15.5. The summed E-state index contributed by atoms with van der Waals surface area (Å²) in [6.45, 7) is 0.452. The Labute approximate surface area is 185 Å². The minimum atomic E-state index is -0.394. The molecule has 9 heteroatoms. The zero-order valence-electron chi connectivity index (χ0n) is 17.8. The van der Waals surface area contributed by atoms with Gasteiger partial charge in [0, 0.05) is 49.2 Å². The largest absolute Gasteiger partial charge is 0.357 e. The Morgan fingerprint density at radius 3 is 2.75 bits per heavy atom. The van der Waals surface area contributed by atoms with E-state index >= 15 is 0 Å². The third-order valence-corrected chi connectivity index (χ3v) is 5.64. The van der Waals surface area contributed by atoms with Crippen LogP contribution in [0.25, 0.3) is 11.3 Å². The number of aldehydes is 1. The van der Waals surface area contributed by atoms with Crippen molar-refractivity contribution in [2.45, 2.75) is 31.7 Å². The third kappa shape index (κ3) is 4.82. The summed E-state index contributed by atoms with van der Waals surface area (Å²) in [7, 11) is 1.74. The molecular weight excluding hydrogens is 413 g/mol. The minimum Gasteiger partial charge on any atom is -0.357 e. The molecular formula is C23H24FN5O3. The lowest BCUT2D eigenvalue weighted by atomic mass is 10.0. The molecule has 2 amide bonds. The van der Waals surface area contributed by atoms with Crippen molar-refractivity contribution < 1.29 is 18.8 Å². The van der Waals surface area contributed by atoms with Crippen LogP contribution in [-0.4, -0.2) is 64.0 Å². The Bertz CT molecular complexity index is 1070. The van der Waals surface area contributed by atoms with Crippen molar-refractivity contribution in [3.8, 4) is 11.3 Å². The molecule has 32 heavy (non-hydrogen) atoms. The Morgan fingerprint density at radius 2 is 2.09 bits per heavy atom. The van der Waals surface area contributed by atoms with E-state index in [1.165, 1.54) is 24.5 Å². The highest BCUT2D eigenvalue weighted by atomic mass is 19.1. The molecule has 0 unspecified atom stereocenters. The fraction of sp³-hybridized carbons (Fsp3) is 0.348. The number of carbonyl (C=O) groups excluding carboxylic acids is 3. The molecule has 1 N–H and O–H groups in total. The number of nitrogens with zero attached hydrogens (tertiary/aromatic N) is 4. The van der Waals surface area contributed by atoms with Gasteiger partial charge in [0.25, 0.3) is 5.91 Å². The molecule has 0 atom stereocenters. The highest BCUT2D eigenvalue weighted by Gasteiger charge is 2.35. The van der Waals surface area contributed by atoms with Crippen molar-refractivity contribution in [1.82, 2.24) is 19.8 Å². The zero-order chi connectivity index (χ0) is 22.7. The fourth-order valence-corrected chi connectivity index (χ4v) is 3.77. The molecule has 0 radical (unpaired) electrons. The Balaban J connectivity index is 1.44. The summed E-state index contributed by atoms with van der Waals surface area (Å²) < 4.78 is 13.4. The molecule has 0 aromatic carbocycles. The van der Waals surface area contributed by atoms with E-state index in [9.17, 15) is 18.8 Å². The van der Waals surface area contributed by atoms with Gasteiger partial charge in [-0.15, -0.1) is 0 Å². The molecule has 2 aromatic heterocycles. The average Bonchev–Trinajstić information content (AvgIpc) is 3.64. The first kappa shape index (κ1) is 21.6. The van der Waals surface area contributed by atoms with Gasteiger partial charge in [0.2, 0.25) is 5.91 Å². The maximum absolute atomic E-state index is 13.4. The zero-order valence-corrected chi connectivity index (χ0v) is 17.8. The van der Waals surface area contributed by atoms with Crippen LogP contribution in [0.4, 0.5) is 10.2 Å². The molecule has 166 valence electrons. The number of hydrogen-bond donors (Lipinski definition) is 1. The van der Waals surface area contributed by atoms with E-state index in [2.05, 4.69) is 15.3 Å². The number of allylic oxidation sites excluding steroid dienone is 1. The Kier molecular flexibility index (Phi) is 6.25. The highest BCUT2D eigenvalue weighted by Crippen LogP contribution is 2.29. The fourth-order valence-electron chi connectivity index (χ4n) is 3.77. The number of carbonyl (C=O) groups is 3. The summed E-state index contributed by atoms with van der Waals surface area (Å²) in [5.74, 6) is -0.628. The molecule has 3 heterocycles. The summed E-state index contributed by atoms with van der Waals surface area (Å²) in [5, 5.41) is 2.71. The molecule has 0 bridgehead atoms. The second-order valence-electron chi connectivity index (χ2n) is 8.00. The number of hydrogen-bond acceptors (Lipinski definition) is 6. The third-order valence-electron chi connectivity index (χ3n) is 5.64. The topological polar surface area (TPSA) is 95.5 Å². The lowest BCUT2D eigenvalue weighted by Crippen LogP contribution is -2.43. The number of pyridine rings is 2. The molecule has 8 nitrogen and oxygen atoms in total. The van der Waals surface area contributed by atoms with Crippen LogP contribution < -0.4 is 5.32 Å². The molecule has 2 aromatic rings. The standard InChI is InChI=1S/C23H24FN5O3/c1-28(18-5-6-18)23(32)22-16(14-30)3-2-10-29(22)13-21(31)27-20-7-4-15(12-26-20)19-11-17(24)8-9-25-19/h4,7-9,11-12,14,18H,2-3,5-6,10,13H2,1H3,(H,26,27,31). The number of anilines is 1. The smallest absolute Gasteiger partial charge is 0.270 e. The maximum atomic E-state index is 13.4. The molecule has 2 aliphatic rings. The van der Waals surface area contributed by atoms with E-state index < -0.39 is 5.82 Å². The van der Waals surface area contributed by atoms with Crippen molar-refractivity contribution in [2.75, 3.05) is 25.5 Å². The average molecular weight is 437 g/mol. The molecule has 1 aliphatic carbocycles. The quantitative estimate of drug-likeness (QED) is 0.669. The van der Waals surface area contributed by atoms with Gasteiger partial charge in [-0.2, -0.15) is 0 Å². The monoisotopic (exact) mass is 437 g/mol. The normalized spacial score (nSPS) is 16.0. The molecule has 1 saturated carbocycles. The van der Waals surface area contributed by atoms with Gasteiger partial charge in [0.05, 0.1) is 12.2 Å². The lowest BCUT2D eigenvalue weighted by Gasteiger charge is -2.33. The van der Waals surface area contributed by atoms with Crippen molar-refractivity contribution in [2.24, 2.45) is 0 Å². The van der Waals surface area contributed by atoms with E-state index in [1.54, 1.807) is 29.0 Å². The Morgan fingerprint density at radius 1 is 1.28 bits per heavy atom. The number of likely N-dealkylation sites (N-methyl/N-ethyl adjacent to an activating group) is 1. The van der Waals surface area contributed by atoms with E-state index in [-0.39, 0.29) is 24.4 Å². The summed E-state index contributed by atoms with van der Waals surface area (Å²) >= 11 is 0. The summed E-state index contributed by atoms with van der Waals surface area (Å²) in [4.78, 5) is 48.9. The van der Waals surface area contributed by atoms with E-state index in [0.29, 0.717) is 47.7 Å². The molecule has 1 aliphatic heterocycles. The number of amides is 2. The van der Waals surface area contributed by atoms with Crippen molar-refractivity contribution in [3.63, 3.8) is 0 Å². The van der Waals surface area contributed by atoms with Crippen molar-refractivity contribution in [3.05, 3.63) is 53.7 Å². The van der Waals surface area contributed by atoms with Crippen LogP contribution in [0.5, 0.6) is 0 Å². The minimum absolute atomic E-state index is 0.0637. The van der Waals surface area contributed by atoms with Crippen LogP contribution in [-0.2, 0) is 14.4 Å².